The Bertz CT molecular complexity index is 482. The smallest absolute Gasteiger partial charge is 0.276 e. The fraction of sp³-hybridized carbons (Fsp3) is 0.615. The lowest BCUT2D eigenvalue weighted by atomic mass is 10.0. The summed E-state index contributed by atoms with van der Waals surface area (Å²) in [6.07, 6.45) is 4.19. The first kappa shape index (κ1) is 15.2. The first-order valence-electron chi connectivity index (χ1n) is 6.53. The topological polar surface area (TPSA) is 78.1 Å². The number of hydrogen-bond acceptors (Lipinski definition) is 4. The molecule has 0 aliphatic rings. The normalized spacial score (nSPS) is 12.0. The van der Waals surface area contributed by atoms with Gasteiger partial charge in [-0.3, -0.25) is 9.59 Å². The van der Waals surface area contributed by atoms with Crippen molar-refractivity contribution in [1.82, 2.24) is 9.97 Å². The maximum Gasteiger partial charge on any atom is 0.276 e. The number of anilines is 2. The predicted molar refractivity (Wildman–Crippen MR) is 76.5 cm³/mol. The summed E-state index contributed by atoms with van der Waals surface area (Å²) in [4.78, 5) is 32.1. The maximum atomic E-state index is 12.0. The fourth-order valence-corrected chi connectivity index (χ4v) is 1.73. The molecule has 2 N–H and O–H groups in total. The number of rotatable bonds is 6. The number of amides is 1. The van der Waals surface area contributed by atoms with Crippen LogP contribution in [0.2, 0.25) is 0 Å². The third-order valence-corrected chi connectivity index (χ3v) is 2.94. The van der Waals surface area contributed by atoms with Gasteiger partial charge in [0.1, 0.15) is 0 Å². The molecule has 0 fully saturated rings. The molecule has 0 aromatic carbocycles. The summed E-state index contributed by atoms with van der Waals surface area (Å²) in [5.74, 6) is 0.199. The summed E-state index contributed by atoms with van der Waals surface area (Å²) in [7, 11) is 3.55. The molecule has 1 atom stereocenters. The van der Waals surface area contributed by atoms with Gasteiger partial charge in [-0.05, 0) is 6.42 Å². The van der Waals surface area contributed by atoms with Crippen LogP contribution < -0.4 is 15.8 Å². The van der Waals surface area contributed by atoms with E-state index in [0.29, 0.717) is 5.82 Å². The Morgan fingerprint density at radius 2 is 2.21 bits per heavy atom. The number of aromatic amines is 1. The number of hydrogen-bond donors (Lipinski definition) is 2. The Hall–Kier alpha value is -1.85. The lowest BCUT2D eigenvalue weighted by Gasteiger charge is -2.17. The van der Waals surface area contributed by atoms with Crippen LogP contribution in [0.1, 0.15) is 33.1 Å². The molecule has 1 rings (SSSR count). The van der Waals surface area contributed by atoms with E-state index in [4.69, 9.17) is 0 Å². The average Bonchev–Trinajstić information content (AvgIpc) is 2.37. The molecule has 6 nitrogen and oxygen atoms in total. The molecule has 0 bridgehead atoms. The molecular formula is C13H22N4O2. The van der Waals surface area contributed by atoms with Crippen molar-refractivity contribution in [3.63, 3.8) is 0 Å². The highest BCUT2D eigenvalue weighted by molar-refractivity contribution is 5.94. The van der Waals surface area contributed by atoms with Crippen molar-refractivity contribution < 1.29 is 4.79 Å². The van der Waals surface area contributed by atoms with Crippen LogP contribution in [0.25, 0.3) is 0 Å². The molecule has 1 aromatic rings. The molecule has 0 aliphatic heterocycles. The van der Waals surface area contributed by atoms with E-state index in [1.807, 2.05) is 6.92 Å². The second-order valence-corrected chi connectivity index (χ2v) is 4.86. The Morgan fingerprint density at radius 1 is 1.53 bits per heavy atom. The average molecular weight is 266 g/mol. The van der Waals surface area contributed by atoms with Gasteiger partial charge < -0.3 is 15.2 Å². The first-order chi connectivity index (χ1) is 8.97. The number of carbonyl (C=O) groups is 1. The van der Waals surface area contributed by atoms with Crippen molar-refractivity contribution in [1.29, 1.82) is 0 Å². The predicted octanol–water partition coefficient (Wildman–Crippen LogP) is 1.60. The van der Waals surface area contributed by atoms with E-state index in [1.165, 1.54) is 6.33 Å². The van der Waals surface area contributed by atoms with Crippen molar-refractivity contribution in [2.24, 2.45) is 5.92 Å². The molecule has 1 heterocycles. The monoisotopic (exact) mass is 266 g/mol. The molecule has 19 heavy (non-hydrogen) atoms. The van der Waals surface area contributed by atoms with Crippen molar-refractivity contribution in [2.45, 2.75) is 33.1 Å². The van der Waals surface area contributed by atoms with Crippen molar-refractivity contribution in [3.8, 4) is 0 Å². The third-order valence-electron chi connectivity index (χ3n) is 2.94. The van der Waals surface area contributed by atoms with Crippen molar-refractivity contribution in [2.75, 3.05) is 24.3 Å². The molecule has 1 amide bonds. The summed E-state index contributed by atoms with van der Waals surface area (Å²) in [5, 5.41) is 2.68. The SMILES string of the molecule is CCCC[C@H](C)C(=O)Nc1c(N(C)C)nc[nH]c1=O. The molecule has 0 saturated heterocycles. The van der Waals surface area contributed by atoms with E-state index >= 15 is 0 Å². The summed E-state index contributed by atoms with van der Waals surface area (Å²) in [6, 6.07) is 0. The van der Waals surface area contributed by atoms with Gasteiger partial charge in [0.2, 0.25) is 5.91 Å². The second-order valence-electron chi connectivity index (χ2n) is 4.86. The molecule has 106 valence electrons. The second kappa shape index (κ2) is 6.92. The zero-order valence-electron chi connectivity index (χ0n) is 12.0. The van der Waals surface area contributed by atoms with Crippen LogP contribution in [0.3, 0.4) is 0 Å². The molecule has 0 radical (unpaired) electrons. The summed E-state index contributed by atoms with van der Waals surface area (Å²) in [6.45, 7) is 3.95. The minimum absolute atomic E-state index is 0.116. The van der Waals surface area contributed by atoms with Gasteiger partial charge in [-0.25, -0.2) is 4.98 Å². The molecular weight excluding hydrogens is 244 g/mol. The van der Waals surface area contributed by atoms with Gasteiger partial charge in [0, 0.05) is 20.0 Å². The van der Waals surface area contributed by atoms with Crippen LogP contribution in [0.4, 0.5) is 11.5 Å². The highest BCUT2D eigenvalue weighted by atomic mass is 16.2. The van der Waals surface area contributed by atoms with E-state index in [0.717, 1.165) is 19.3 Å². The standard InChI is InChI=1S/C13H22N4O2/c1-5-6-7-9(2)12(18)16-10-11(17(3)4)14-8-15-13(10)19/h8-9H,5-7H2,1-4H3,(H,16,18)(H,14,15,19)/t9-/m0/s1. The number of nitrogens with zero attached hydrogens (tertiary/aromatic N) is 2. The summed E-state index contributed by atoms with van der Waals surface area (Å²) >= 11 is 0. The molecule has 1 aromatic heterocycles. The van der Waals surface area contributed by atoms with Crippen LogP contribution >= 0.6 is 0 Å². The minimum atomic E-state index is -0.338. The van der Waals surface area contributed by atoms with Gasteiger partial charge in [-0.15, -0.1) is 0 Å². The van der Waals surface area contributed by atoms with Gasteiger partial charge in [0.25, 0.3) is 5.56 Å². The maximum absolute atomic E-state index is 12.0. The van der Waals surface area contributed by atoms with Crippen LogP contribution in [0.5, 0.6) is 0 Å². The molecule has 0 spiro atoms. The largest absolute Gasteiger partial charge is 0.361 e. The number of aromatic nitrogens is 2. The van der Waals surface area contributed by atoms with E-state index in [1.54, 1.807) is 19.0 Å². The first-order valence-corrected chi connectivity index (χ1v) is 6.53. The van der Waals surface area contributed by atoms with Gasteiger partial charge in [0.15, 0.2) is 11.5 Å². The van der Waals surface area contributed by atoms with Gasteiger partial charge in [-0.1, -0.05) is 26.7 Å². The summed E-state index contributed by atoms with van der Waals surface area (Å²) < 4.78 is 0. The highest BCUT2D eigenvalue weighted by Gasteiger charge is 2.17. The lowest BCUT2D eigenvalue weighted by Crippen LogP contribution is -2.28. The molecule has 0 unspecified atom stereocenters. The van der Waals surface area contributed by atoms with Crippen LogP contribution in [0, 0.1) is 5.92 Å². The van der Waals surface area contributed by atoms with E-state index < -0.39 is 0 Å². The zero-order chi connectivity index (χ0) is 14.4. The van der Waals surface area contributed by atoms with Crippen LogP contribution in [-0.4, -0.2) is 30.0 Å². The van der Waals surface area contributed by atoms with Crippen LogP contribution in [-0.2, 0) is 4.79 Å². The number of nitrogens with one attached hydrogen (secondary N) is 2. The molecule has 6 heteroatoms. The quantitative estimate of drug-likeness (QED) is 0.819. The lowest BCUT2D eigenvalue weighted by molar-refractivity contribution is -0.119. The van der Waals surface area contributed by atoms with Gasteiger partial charge in [-0.2, -0.15) is 0 Å². The molecule has 0 aliphatic carbocycles. The fourth-order valence-electron chi connectivity index (χ4n) is 1.73. The Morgan fingerprint density at radius 3 is 2.79 bits per heavy atom. The van der Waals surface area contributed by atoms with E-state index in [9.17, 15) is 9.59 Å². The van der Waals surface area contributed by atoms with Crippen LogP contribution in [0.15, 0.2) is 11.1 Å². The van der Waals surface area contributed by atoms with E-state index in [-0.39, 0.29) is 23.1 Å². The minimum Gasteiger partial charge on any atom is -0.361 e. The van der Waals surface area contributed by atoms with Crippen molar-refractivity contribution >= 4 is 17.4 Å². The highest BCUT2D eigenvalue weighted by Crippen LogP contribution is 2.17. The Kier molecular flexibility index (Phi) is 5.54. The van der Waals surface area contributed by atoms with Gasteiger partial charge >= 0.3 is 0 Å². The summed E-state index contributed by atoms with van der Waals surface area (Å²) in [5.41, 5.74) is -0.129. The van der Waals surface area contributed by atoms with E-state index in [2.05, 4.69) is 22.2 Å². The third kappa shape index (κ3) is 4.08. The Labute approximate surface area is 113 Å². The number of unbranched alkanes of at least 4 members (excludes halogenated alkanes) is 1. The molecule has 0 saturated carbocycles. The Balaban J connectivity index is 2.87. The number of H-pyrrole nitrogens is 1. The number of carbonyl (C=O) groups excluding carboxylic acids is 1. The zero-order valence-corrected chi connectivity index (χ0v) is 12.0. The van der Waals surface area contributed by atoms with Crippen molar-refractivity contribution in [3.05, 3.63) is 16.7 Å². The van der Waals surface area contributed by atoms with Gasteiger partial charge in [0.05, 0.1) is 6.33 Å².